The van der Waals surface area contributed by atoms with Crippen molar-refractivity contribution >= 4 is 23.1 Å². The van der Waals surface area contributed by atoms with E-state index in [0.29, 0.717) is 12.5 Å². The molecule has 23 heavy (non-hydrogen) atoms. The first-order valence-corrected chi connectivity index (χ1v) is 7.14. The van der Waals surface area contributed by atoms with Gasteiger partial charge in [0.05, 0.1) is 11.1 Å². The summed E-state index contributed by atoms with van der Waals surface area (Å²) in [6, 6.07) is 0. The van der Waals surface area contributed by atoms with Gasteiger partial charge in [0.1, 0.15) is 17.1 Å². The predicted octanol–water partition coefficient (Wildman–Crippen LogP) is 2.23. The van der Waals surface area contributed by atoms with E-state index in [2.05, 4.69) is 0 Å². The van der Waals surface area contributed by atoms with Crippen LogP contribution < -0.4 is 0 Å². The molecule has 7 nitrogen and oxygen atoms in total. The number of allylic oxidation sites excluding steroid dienone is 1. The van der Waals surface area contributed by atoms with Crippen LogP contribution in [-0.2, 0) is 4.79 Å². The minimum Gasteiger partial charge on any atom is -0.507 e. The number of carbonyl (C=O) groups is 3. The molecule has 7 heteroatoms. The Kier molecular flexibility index (Phi) is 4.40. The number of Topliss-reactive ketones (excluding diaryl/α,β-unsaturated/α-hetero) is 2. The molecule has 0 aromatic heterocycles. The van der Waals surface area contributed by atoms with Crippen molar-refractivity contribution in [3.8, 4) is 17.2 Å². The molecule has 0 saturated heterocycles. The Bertz CT molecular complexity index is 744. The van der Waals surface area contributed by atoms with Gasteiger partial charge in [-0.05, 0) is 6.42 Å². The van der Waals surface area contributed by atoms with Crippen molar-refractivity contribution in [1.29, 1.82) is 0 Å². The average Bonchev–Trinajstić information content (AvgIpc) is 2.49. The maximum absolute atomic E-state index is 12.2. The second-order valence-corrected chi connectivity index (χ2v) is 5.27. The van der Waals surface area contributed by atoms with Crippen molar-refractivity contribution in [2.45, 2.75) is 32.6 Å². The van der Waals surface area contributed by atoms with Crippen LogP contribution in [0.3, 0.4) is 0 Å². The molecule has 1 aliphatic rings. The summed E-state index contributed by atoms with van der Waals surface area (Å²) in [6.45, 7) is 1.94. The predicted molar refractivity (Wildman–Crippen MR) is 79.9 cm³/mol. The number of aliphatic hydroxyl groups excluding tert-OH is 1. The van der Waals surface area contributed by atoms with Gasteiger partial charge in [0.2, 0.25) is 11.6 Å². The molecule has 0 atom stereocenters. The van der Waals surface area contributed by atoms with Crippen molar-refractivity contribution in [3.05, 3.63) is 22.8 Å². The smallest absolute Gasteiger partial charge is 0.237 e. The van der Waals surface area contributed by atoms with Crippen molar-refractivity contribution in [2.24, 2.45) is 0 Å². The van der Waals surface area contributed by atoms with E-state index in [4.69, 9.17) is 0 Å². The summed E-state index contributed by atoms with van der Waals surface area (Å²) in [6.07, 6.45) is 2.76. The van der Waals surface area contributed by atoms with E-state index in [-0.39, 0.29) is 6.42 Å². The summed E-state index contributed by atoms with van der Waals surface area (Å²) in [4.78, 5) is 35.4. The number of carbonyl (C=O) groups excluding carboxylic acids is 3. The Labute approximate surface area is 131 Å². The highest BCUT2D eigenvalue weighted by molar-refractivity contribution is 6.51. The first kappa shape index (κ1) is 16.5. The molecule has 0 fully saturated rings. The first-order chi connectivity index (χ1) is 10.8. The van der Waals surface area contributed by atoms with E-state index in [1.807, 2.05) is 6.92 Å². The Morgan fingerprint density at radius 2 is 1.61 bits per heavy atom. The monoisotopic (exact) mass is 320 g/mol. The van der Waals surface area contributed by atoms with Crippen LogP contribution in [-0.4, -0.2) is 37.8 Å². The van der Waals surface area contributed by atoms with E-state index in [1.165, 1.54) is 0 Å². The number of benzene rings is 1. The lowest BCUT2D eigenvalue weighted by atomic mass is 9.88. The zero-order valence-corrected chi connectivity index (χ0v) is 12.4. The number of hydrogen-bond donors (Lipinski definition) is 4. The molecular weight excluding hydrogens is 304 g/mol. The van der Waals surface area contributed by atoms with E-state index in [9.17, 15) is 34.8 Å². The van der Waals surface area contributed by atoms with Crippen molar-refractivity contribution < 1.29 is 34.8 Å². The van der Waals surface area contributed by atoms with Crippen LogP contribution in [0, 0.1) is 0 Å². The van der Waals surface area contributed by atoms with Gasteiger partial charge in [-0.3, -0.25) is 14.4 Å². The van der Waals surface area contributed by atoms with E-state index >= 15 is 0 Å². The molecule has 1 aromatic carbocycles. The van der Waals surface area contributed by atoms with Crippen LogP contribution in [0.5, 0.6) is 17.2 Å². The summed E-state index contributed by atoms with van der Waals surface area (Å²) in [7, 11) is 0. The Morgan fingerprint density at radius 3 is 2.22 bits per heavy atom. The van der Waals surface area contributed by atoms with Crippen LogP contribution in [0.15, 0.2) is 6.08 Å². The number of ketones is 3. The molecule has 4 N–H and O–H groups in total. The average molecular weight is 320 g/mol. The standard InChI is InChI=1S/C16H16O7/c1-2-3-4-5-7(17)11-14(21)10-8(18)6-9(19)13(20)12(10)16(23)15(11)22/h6,18,21-23H,2-5H2,1H3. The van der Waals surface area contributed by atoms with E-state index in [0.717, 1.165) is 12.8 Å². The minimum atomic E-state index is -1.19. The largest absolute Gasteiger partial charge is 0.507 e. The van der Waals surface area contributed by atoms with Crippen molar-refractivity contribution in [2.75, 3.05) is 0 Å². The number of phenols is 3. The molecule has 0 spiro atoms. The van der Waals surface area contributed by atoms with Gasteiger partial charge >= 0.3 is 0 Å². The maximum Gasteiger partial charge on any atom is 0.237 e. The first-order valence-electron chi connectivity index (χ1n) is 7.14. The third-order valence-electron chi connectivity index (χ3n) is 3.68. The van der Waals surface area contributed by atoms with Gasteiger partial charge in [-0.15, -0.1) is 0 Å². The summed E-state index contributed by atoms with van der Waals surface area (Å²) in [5, 5.41) is 39.9. The fourth-order valence-corrected chi connectivity index (χ4v) is 2.49. The Hall–Kier alpha value is -2.83. The topological polar surface area (TPSA) is 132 Å². The van der Waals surface area contributed by atoms with E-state index in [1.54, 1.807) is 0 Å². The molecule has 122 valence electrons. The third kappa shape index (κ3) is 2.65. The fourth-order valence-electron chi connectivity index (χ4n) is 2.49. The molecule has 1 aliphatic carbocycles. The highest BCUT2D eigenvalue weighted by atomic mass is 16.3. The van der Waals surface area contributed by atoms with Gasteiger partial charge in [-0.25, -0.2) is 0 Å². The maximum atomic E-state index is 12.2. The summed E-state index contributed by atoms with van der Waals surface area (Å²) in [5.74, 6) is -6.49. The van der Waals surface area contributed by atoms with Crippen LogP contribution in [0.2, 0.25) is 0 Å². The molecule has 0 amide bonds. The van der Waals surface area contributed by atoms with Crippen LogP contribution >= 0.6 is 0 Å². The summed E-state index contributed by atoms with van der Waals surface area (Å²) < 4.78 is 0. The number of hydrogen-bond acceptors (Lipinski definition) is 7. The second-order valence-electron chi connectivity index (χ2n) is 5.27. The number of unbranched alkanes of at least 4 members (excludes halogenated alkanes) is 2. The van der Waals surface area contributed by atoms with Gasteiger partial charge in [-0.2, -0.15) is 0 Å². The SMILES string of the molecule is CCCCCC(=O)c1c(O)c(O)c2c(c1O)C(O)=CC(=O)C2=O. The molecular formula is C16H16O7. The van der Waals surface area contributed by atoms with Gasteiger partial charge in [-0.1, -0.05) is 19.8 Å². The van der Waals surface area contributed by atoms with Gasteiger partial charge in [0.25, 0.3) is 0 Å². The van der Waals surface area contributed by atoms with E-state index < -0.39 is 57.0 Å². The number of rotatable bonds is 5. The molecule has 0 unspecified atom stereocenters. The number of aromatic hydroxyl groups is 3. The molecule has 2 rings (SSSR count). The van der Waals surface area contributed by atoms with Gasteiger partial charge in [0.15, 0.2) is 17.3 Å². The van der Waals surface area contributed by atoms with Gasteiger partial charge < -0.3 is 20.4 Å². The summed E-state index contributed by atoms with van der Waals surface area (Å²) >= 11 is 0. The fraction of sp³-hybridized carbons (Fsp3) is 0.312. The lowest BCUT2D eigenvalue weighted by Crippen LogP contribution is -2.20. The van der Waals surface area contributed by atoms with Crippen LogP contribution in [0.25, 0.3) is 5.76 Å². The van der Waals surface area contributed by atoms with Crippen molar-refractivity contribution in [1.82, 2.24) is 0 Å². The Balaban J connectivity index is 2.62. The zero-order chi connectivity index (χ0) is 17.3. The second kappa shape index (κ2) is 6.12. The van der Waals surface area contributed by atoms with Crippen molar-refractivity contribution in [3.63, 3.8) is 0 Å². The minimum absolute atomic E-state index is 0.0184. The lowest BCUT2D eigenvalue weighted by Gasteiger charge is -2.18. The number of phenolic OH excluding ortho intramolecular Hbond substituents is 3. The zero-order valence-electron chi connectivity index (χ0n) is 12.4. The molecule has 0 bridgehead atoms. The number of fused-ring (bicyclic) bond motifs is 1. The van der Waals surface area contributed by atoms with Crippen LogP contribution in [0.1, 0.15) is 58.9 Å². The quantitative estimate of drug-likeness (QED) is 0.215. The normalized spacial score (nSPS) is 13.7. The summed E-state index contributed by atoms with van der Waals surface area (Å²) in [5.41, 5.74) is -1.81. The van der Waals surface area contributed by atoms with Gasteiger partial charge in [0, 0.05) is 12.5 Å². The highest BCUT2D eigenvalue weighted by Crippen LogP contribution is 2.46. The molecule has 1 aromatic rings. The number of aliphatic hydroxyl groups is 1. The Morgan fingerprint density at radius 1 is 0.957 bits per heavy atom. The highest BCUT2D eigenvalue weighted by Gasteiger charge is 2.36. The molecule has 0 heterocycles. The molecule has 0 saturated carbocycles. The van der Waals surface area contributed by atoms with Crippen LogP contribution in [0.4, 0.5) is 0 Å². The third-order valence-corrected chi connectivity index (χ3v) is 3.68. The molecule has 0 radical (unpaired) electrons. The molecule has 0 aliphatic heterocycles. The lowest BCUT2D eigenvalue weighted by molar-refractivity contribution is -0.111.